The van der Waals surface area contributed by atoms with Crippen molar-refractivity contribution in [1.82, 2.24) is 15.1 Å². The summed E-state index contributed by atoms with van der Waals surface area (Å²) in [5, 5.41) is 16.7. The Morgan fingerprint density at radius 3 is 3.00 bits per heavy atom. The lowest BCUT2D eigenvalue weighted by molar-refractivity contribution is 0.0508. The van der Waals surface area contributed by atoms with Gasteiger partial charge in [0.25, 0.3) is 5.56 Å². The number of nitrogens with one attached hydrogen (secondary N) is 1. The summed E-state index contributed by atoms with van der Waals surface area (Å²) in [6, 6.07) is 11.6. The van der Waals surface area contributed by atoms with Crippen molar-refractivity contribution in [2.24, 2.45) is 0 Å². The summed E-state index contributed by atoms with van der Waals surface area (Å²) >= 11 is 0. The Bertz CT molecular complexity index is 702. The lowest BCUT2D eigenvalue weighted by Crippen LogP contribution is -2.38. The highest BCUT2D eigenvalue weighted by molar-refractivity contribution is 5.20. The van der Waals surface area contributed by atoms with Crippen molar-refractivity contribution in [2.75, 3.05) is 19.7 Å². The summed E-state index contributed by atoms with van der Waals surface area (Å²) in [6.07, 6.45) is 0.963. The Morgan fingerprint density at radius 2 is 2.17 bits per heavy atom. The number of nitrogens with zero attached hydrogens (tertiary/aromatic N) is 2. The summed E-state index contributed by atoms with van der Waals surface area (Å²) in [5.74, 6) is 0. The summed E-state index contributed by atoms with van der Waals surface area (Å²) in [6.45, 7) is 3.18. The molecule has 0 saturated carbocycles. The van der Waals surface area contributed by atoms with Gasteiger partial charge in [0.2, 0.25) is 0 Å². The number of hydrogen-bond donors (Lipinski definition) is 2. The minimum atomic E-state index is -0.433. The number of hydrogen-bond acceptors (Lipinski definition) is 5. The second-order valence-electron chi connectivity index (χ2n) is 6.17. The van der Waals surface area contributed by atoms with Gasteiger partial charge in [-0.2, -0.15) is 5.10 Å². The normalized spacial score (nSPS) is 15.9. The average molecular weight is 329 g/mol. The number of benzene rings is 1. The third-order valence-electron chi connectivity index (χ3n) is 4.21. The molecule has 1 aromatic carbocycles. The molecule has 128 valence electrons. The van der Waals surface area contributed by atoms with Gasteiger partial charge in [-0.3, -0.25) is 9.69 Å². The van der Waals surface area contributed by atoms with Crippen LogP contribution < -0.4 is 5.56 Å². The van der Waals surface area contributed by atoms with Crippen LogP contribution in [-0.4, -0.2) is 46.0 Å². The molecule has 1 aliphatic heterocycles. The van der Waals surface area contributed by atoms with Crippen molar-refractivity contribution < 1.29 is 9.84 Å². The van der Waals surface area contributed by atoms with Crippen LogP contribution in [0.3, 0.4) is 0 Å². The van der Waals surface area contributed by atoms with Crippen LogP contribution in [0.1, 0.15) is 23.2 Å². The van der Waals surface area contributed by atoms with Gasteiger partial charge in [0.1, 0.15) is 0 Å². The van der Waals surface area contributed by atoms with Gasteiger partial charge >= 0.3 is 0 Å². The molecule has 0 amide bonds. The summed E-state index contributed by atoms with van der Waals surface area (Å²) in [7, 11) is 0. The van der Waals surface area contributed by atoms with Gasteiger partial charge in [0.15, 0.2) is 0 Å². The van der Waals surface area contributed by atoms with Gasteiger partial charge in [-0.1, -0.05) is 30.3 Å². The molecule has 1 atom stereocenters. The van der Waals surface area contributed by atoms with E-state index in [0.29, 0.717) is 32.7 Å². The molecule has 6 heteroatoms. The van der Waals surface area contributed by atoms with Crippen LogP contribution >= 0.6 is 0 Å². The fraction of sp³-hybridized carbons (Fsp3) is 0.444. The number of aromatic nitrogens is 2. The van der Waals surface area contributed by atoms with Crippen LogP contribution in [-0.2, 0) is 24.3 Å². The van der Waals surface area contributed by atoms with Crippen LogP contribution in [0.15, 0.2) is 41.2 Å². The van der Waals surface area contributed by atoms with E-state index in [1.807, 2.05) is 30.3 Å². The zero-order valence-corrected chi connectivity index (χ0v) is 13.6. The zero-order chi connectivity index (χ0) is 16.8. The van der Waals surface area contributed by atoms with E-state index in [4.69, 9.17) is 4.74 Å². The lowest BCUT2D eigenvalue weighted by Gasteiger charge is -2.29. The SMILES string of the molecule is O=c1cc2c(n[nH]1)CCN(C[C@@H](O)CCOCc1ccccc1)C2. The van der Waals surface area contributed by atoms with Crippen molar-refractivity contribution >= 4 is 0 Å². The molecule has 0 saturated heterocycles. The molecule has 1 aliphatic rings. The molecule has 0 aliphatic carbocycles. The molecule has 0 radical (unpaired) electrons. The van der Waals surface area contributed by atoms with Crippen LogP contribution in [0.25, 0.3) is 0 Å². The van der Waals surface area contributed by atoms with Crippen molar-refractivity contribution in [1.29, 1.82) is 0 Å². The van der Waals surface area contributed by atoms with Gasteiger partial charge in [0, 0.05) is 38.7 Å². The van der Waals surface area contributed by atoms with E-state index >= 15 is 0 Å². The van der Waals surface area contributed by atoms with Crippen LogP contribution in [0.4, 0.5) is 0 Å². The van der Waals surface area contributed by atoms with E-state index in [1.54, 1.807) is 6.07 Å². The van der Waals surface area contributed by atoms with E-state index in [0.717, 1.165) is 29.8 Å². The van der Waals surface area contributed by atoms with E-state index < -0.39 is 6.10 Å². The maximum absolute atomic E-state index is 11.4. The average Bonchev–Trinajstić information content (AvgIpc) is 2.59. The Hall–Kier alpha value is -2.02. The van der Waals surface area contributed by atoms with E-state index in [1.165, 1.54) is 0 Å². The van der Waals surface area contributed by atoms with Crippen LogP contribution in [0, 0.1) is 0 Å². The molecule has 2 N–H and O–H groups in total. The number of ether oxygens (including phenoxy) is 1. The molecule has 2 aromatic rings. The number of rotatable bonds is 7. The molecule has 0 fully saturated rings. The van der Waals surface area contributed by atoms with Crippen molar-refractivity contribution in [3.8, 4) is 0 Å². The Morgan fingerprint density at radius 1 is 1.33 bits per heavy atom. The molecule has 3 rings (SSSR count). The third kappa shape index (κ3) is 4.74. The predicted octanol–water partition coefficient (Wildman–Crippen LogP) is 1.10. The second-order valence-corrected chi connectivity index (χ2v) is 6.17. The van der Waals surface area contributed by atoms with Gasteiger partial charge in [0.05, 0.1) is 18.4 Å². The van der Waals surface area contributed by atoms with Gasteiger partial charge in [-0.15, -0.1) is 0 Å². The highest BCUT2D eigenvalue weighted by atomic mass is 16.5. The fourth-order valence-electron chi connectivity index (χ4n) is 2.93. The Balaban J connectivity index is 1.39. The summed E-state index contributed by atoms with van der Waals surface area (Å²) in [4.78, 5) is 13.5. The zero-order valence-electron chi connectivity index (χ0n) is 13.6. The molecule has 0 bridgehead atoms. The second kappa shape index (κ2) is 8.19. The Labute approximate surface area is 141 Å². The van der Waals surface area contributed by atoms with E-state index in [2.05, 4.69) is 15.1 Å². The predicted molar refractivity (Wildman–Crippen MR) is 90.6 cm³/mol. The monoisotopic (exact) mass is 329 g/mol. The maximum Gasteiger partial charge on any atom is 0.264 e. The number of fused-ring (bicyclic) bond motifs is 1. The molecule has 0 spiro atoms. The Kier molecular flexibility index (Phi) is 5.74. The minimum Gasteiger partial charge on any atom is -0.392 e. The van der Waals surface area contributed by atoms with Crippen molar-refractivity contribution in [3.05, 3.63) is 63.6 Å². The first kappa shape index (κ1) is 16.8. The number of aliphatic hydroxyl groups excluding tert-OH is 1. The van der Waals surface area contributed by atoms with Gasteiger partial charge < -0.3 is 9.84 Å². The smallest absolute Gasteiger partial charge is 0.264 e. The number of H-pyrrole nitrogens is 1. The molecular weight excluding hydrogens is 306 g/mol. The number of β-amino-alcohol motifs (C(OH)–C–C–N with tert-alkyl or cyclic N) is 1. The van der Waals surface area contributed by atoms with Crippen LogP contribution in [0.5, 0.6) is 0 Å². The molecule has 2 heterocycles. The largest absolute Gasteiger partial charge is 0.392 e. The number of aromatic amines is 1. The highest BCUT2D eigenvalue weighted by Crippen LogP contribution is 2.15. The van der Waals surface area contributed by atoms with Crippen LogP contribution in [0.2, 0.25) is 0 Å². The molecule has 6 nitrogen and oxygen atoms in total. The fourth-order valence-corrected chi connectivity index (χ4v) is 2.93. The summed E-state index contributed by atoms with van der Waals surface area (Å²) < 4.78 is 5.62. The number of aliphatic hydroxyl groups is 1. The highest BCUT2D eigenvalue weighted by Gasteiger charge is 2.20. The van der Waals surface area contributed by atoms with Crippen molar-refractivity contribution in [2.45, 2.75) is 32.1 Å². The first-order chi connectivity index (χ1) is 11.7. The van der Waals surface area contributed by atoms with E-state index in [-0.39, 0.29) is 5.56 Å². The molecule has 1 aromatic heterocycles. The first-order valence-electron chi connectivity index (χ1n) is 8.30. The van der Waals surface area contributed by atoms with E-state index in [9.17, 15) is 9.90 Å². The minimum absolute atomic E-state index is 0.175. The molecule has 0 unspecified atom stereocenters. The standard InChI is InChI=1S/C18H23N3O3/c22-16(7-9-24-13-14-4-2-1-3-5-14)12-21-8-6-17-15(11-21)10-18(23)20-19-17/h1-5,10,16,22H,6-9,11-13H2,(H,20,23)/t16-/m0/s1. The van der Waals surface area contributed by atoms with Gasteiger partial charge in [-0.05, 0) is 17.5 Å². The summed E-state index contributed by atoms with van der Waals surface area (Å²) in [5.41, 5.74) is 2.87. The first-order valence-corrected chi connectivity index (χ1v) is 8.30. The molecule has 24 heavy (non-hydrogen) atoms. The van der Waals surface area contributed by atoms with Crippen molar-refractivity contribution in [3.63, 3.8) is 0 Å². The van der Waals surface area contributed by atoms with Gasteiger partial charge in [-0.25, -0.2) is 5.10 Å². The maximum atomic E-state index is 11.4. The third-order valence-corrected chi connectivity index (χ3v) is 4.21. The topological polar surface area (TPSA) is 78.5 Å². The molecular formula is C18H23N3O3. The lowest BCUT2D eigenvalue weighted by atomic mass is 10.1. The quantitative estimate of drug-likeness (QED) is 0.744.